The lowest BCUT2D eigenvalue weighted by molar-refractivity contribution is -0.116. The first-order valence-corrected chi connectivity index (χ1v) is 8.77. The van der Waals surface area contributed by atoms with Crippen molar-refractivity contribution in [2.24, 2.45) is 0 Å². The Morgan fingerprint density at radius 1 is 1.00 bits per heavy atom. The molecule has 1 aromatic rings. The molecule has 2 aliphatic heterocycles. The Labute approximate surface area is 129 Å². The monoisotopic (exact) mass is 297 g/mol. The number of rotatable bonds is 1. The first-order chi connectivity index (χ1) is 10.3. The van der Waals surface area contributed by atoms with E-state index in [1.54, 1.807) is 0 Å². The summed E-state index contributed by atoms with van der Waals surface area (Å²) in [5.74, 6) is 1.69. The molecule has 0 saturated carbocycles. The molecule has 21 heavy (non-hydrogen) atoms. The molecular formula is C18H19NOS. The Bertz CT molecular complexity index is 644. The van der Waals surface area contributed by atoms with Crippen LogP contribution in [0.1, 0.15) is 43.6 Å². The minimum Gasteiger partial charge on any atom is -0.361 e. The number of dihydropyridines is 1. The molecule has 108 valence electrons. The summed E-state index contributed by atoms with van der Waals surface area (Å²) < 4.78 is 0. The molecule has 3 aliphatic rings. The van der Waals surface area contributed by atoms with Crippen LogP contribution >= 0.6 is 11.8 Å². The van der Waals surface area contributed by atoms with Gasteiger partial charge in [0.05, 0.1) is 0 Å². The zero-order valence-electron chi connectivity index (χ0n) is 12.0. The van der Waals surface area contributed by atoms with E-state index in [1.165, 1.54) is 34.0 Å². The molecule has 0 radical (unpaired) electrons. The van der Waals surface area contributed by atoms with Crippen molar-refractivity contribution in [1.82, 2.24) is 5.32 Å². The Kier molecular flexibility index (Phi) is 3.38. The predicted molar refractivity (Wildman–Crippen MR) is 86.9 cm³/mol. The lowest BCUT2D eigenvalue weighted by atomic mass is 9.79. The van der Waals surface area contributed by atoms with Crippen LogP contribution in [0.15, 0.2) is 52.2 Å². The molecule has 0 spiro atoms. The van der Waals surface area contributed by atoms with Gasteiger partial charge in [-0.1, -0.05) is 30.3 Å². The highest BCUT2D eigenvalue weighted by molar-refractivity contribution is 8.03. The van der Waals surface area contributed by atoms with Gasteiger partial charge >= 0.3 is 0 Å². The van der Waals surface area contributed by atoms with E-state index in [0.29, 0.717) is 12.2 Å². The van der Waals surface area contributed by atoms with E-state index < -0.39 is 0 Å². The fourth-order valence-electron chi connectivity index (χ4n) is 3.63. The highest BCUT2D eigenvalue weighted by Crippen LogP contribution is 2.48. The van der Waals surface area contributed by atoms with E-state index >= 15 is 0 Å². The first-order valence-electron chi connectivity index (χ1n) is 7.78. The Morgan fingerprint density at radius 2 is 1.81 bits per heavy atom. The van der Waals surface area contributed by atoms with E-state index in [9.17, 15) is 4.79 Å². The van der Waals surface area contributed by atoms with Gasteiger partial charge in [-0.2, -0.15) is 0 Å². The van der Waals surface area contributed by atoms with Crippen LogP contribution in [-0.2, 0) is 4.79 Å². The third-order valence-electron chi connectivity index (χ3n) is 4.57. The average molecular weight is 297 g/mol. The molecular weight excluding hydrogens is 278 g/mol. The van der Waals surface area contributed by atoms with Gasteiger partial charge in [-0.25, -0.2) is 0 Å². The number of allylic oxidation sites excluding steroid dienone is 4. The third-order valence-corrected chi connectivity index (χ3v) is 5.85. The molecule has 1 unspecified atom stereocenters. The molecule has 0 amide bonds. The number of ketones is 1. The van der Waals surface area contributed by atoms with E-state index in [1.807, 2.05) is 17.8 Å². The van der Waals surface area contributed by atoms with E-state index in [-0.39, 0.29) is 5.92 Å². The van der Waals surface area contributed by atoms with E-state index in [0.717, 1.165) is 24.8 Å². The molecule has 0 fully saturated rings. The lowest BCUT2D eigenvalue weighted by Gasteiger charge is -2.37. The van der Waals surface area contributed by atoms with Crippen LogP contribution in [0, 0.1) is 0 Å². The summed E-state index contributed by atoms with van der Waals surface area (Å²) in [5.41, 5.74) is 4.87. The number of carbonyl (C=O) groups is 1. The van der Waals surface area contributed by atoms with Gasteiger partial charge in [-0.3, -0.25) is 4.79 Å². The van der Waals surface area contributed by atoms with Crippen molar-refractivity contribution < 1.29 is 4.79 Å². The summed E-state index contributed by atoms with van der Waals surface area (Å²) >= 11 is 1.94. The molecule has 0 bridgehead atoms. The second kappa shape index (κ2) is 5.38. The standard InChI is InChI=1S/C18H19NOS/c20-15-10-4-8-13-17(15)16(12-6-2-1-3-7-12)18-14(19-13)9-5-11-21-18/h1-3,6-7,16,19H,4-5,8-11H2. The maximum absolute atomic E-state index is 12.6. The molecule has 2 nitrogen and oxygen atoms in total. The largest absolute Gasteiger partial charge is 0.361 e. The van der Waals surface area contributed by atoms with Crippen LogP contribution < -0.4 is 5.32 Å². The normalized spacial score (nSPS) is 25.3. The van der Waals surface area contributed by atoms with Gasteiger partial charge in [0.25, 0.3) is 0 Å². The predicted octanol–water partition coefficient (Wildman–Crippen LogP) is 4.12. The zero-order valence-corrected chi connectivity index (χ0v) is 12.8. The summed E-state index contributed by atoms with van der Waals surface area (Å²) in [6.45, 7) is 0. The Balaban J connectivity index is 1.87. The maximum Gasteiger partial charge on any atom is 0.161 e. The van der Waals surface area contributed by atoms with Gasteiger partial charge in [0.2, 0.25) is 0 Å². The quantitative estimate of drug-likeness (QED) is 0.845. The first kappa shape index (κ1) is 13.2. The minimum absolute atomic E-state index is 0.176. The van der Waals surface area contributed by atoms with Crippen molar-refractivity contribution in [3.63, 3.8) is 0 Å². The van der Waals surface area contributed by atoms with Crippen LogP contribution in [0.5, 0.6) is 0 Å². The van der Waals surface area contributed by atoms with Crippen LogP contribution in [0.4, 0.5) is 0 Å². The highest BCUT2D eigenvalue weighted by atomic mass is 32.2. The smallest absolute Gasteiger partial charge is 0.161 e. The fraction of sp³-hybridized carbons (Fsp3) is 0.389. The molecule has 1 aromatic carbocycles. The molecule has 0 saturated heterocycles. The van der Waals surface area contributed by atoms with Gasteiger partial charge in [0.1, 0.15) is 0 Å². The SMILES string of the molecule is O=C1CCCC2=C1C(c1ccccc1)C1=C(CCCS1)N2. The lowest BCUT2D eigenvalue weighted by Crippen LogP contribution is -2.32. The molecule has 1 atom stereocenters. The second-order valence-electron chi connectivity index (χ2n) is 5.93. The number of Topliss-reactive ketones (excluding diaryl/α,β-unsaturated/α-hetero) is 1. The number of nitrogens with one attached hydrogen (secondary N) is 1. The third kappa shape index (κ3) is 2.24. The van der Waals surface area contributed by atoms with E-state index in [2.05, 4.69) is 29.6 Å². The maximum atomic E-state index is 12.6. The van der Waals surface area contributed by atoms with Crippen molar-refractivity contribution in [1.29, 1.82) is 0 Å². The van der Waals surface area contributed by atoms with E-state index in [4.69, 9.17) is 0 Å². The number of thioether (sulfide) groups is 1. The summed E-state index contributed by atoms with van der Waals surface area (Å²) in [4.78, 5) is 13.9. The van der Waals surface area contributed by atoms with Crippen LogP contribution in [0.3, 0.4) is 0 Å². The summed E-state index contributed by atoms with van der Waals surface area (Å²) in [5, 5.41) is 3.61. The molecule has 3 heteroatoms. The van der Waals surface area contributed by atoms with Gasteiger partial charge in [-0.15, -0.1) is 11.8 Å². The molecule has 4 rings (SSSR count). The van der Waals surface area contributed by atoms with Gasteiger partial charge in [0, 0.05) is 34.2 Å². The fourth-order valence-corrected chi connectivity index (χ4v) is 4.88. The molecule has 1 aliphatic carbocycles. The zero-order chi connectivity index (χ0) is 14.2. The number of hydrogen-bond donors (Lipinski definition) is 1. The van der Waals surface area contributed by atoms with Crippen LogP contribution in [0.2, 0.25) is 0 Å². The van der Waals surface area contributed by atoms with Crippen molar-refractivity contribution in [3.05, 3.63) is 57.8 Å². The molecule has 1 N–H and O–H groups in total. The molecule has 0 aromatic heterocycles. The van der Waals surface area contributed by atoms with Gasteiger partial charge in [-0.05, 0) is 37.0 Å². The Morgan fingerprint density at radius 3 is 2.67 bits per heavy atom. The average Bonchev–Trinajstić information content (AvgIpc) is 2.54. The molecule has 2 heterocycles. The Hall–Kier alpha value is -1.48. The van der Waals surface area contributed by atoms with Crippen LogP contribution in [-0.4, -0.2) is 11.5 Å². The second-order valence-corrected chi connectivity index (χ2v) is 7.07. The van der Waals surface area contributed by atoms with Crippen molar-refractivity contribution in [2.75, 3.05) is 5.75 Å². The summed E-state index contributed by atoms with van der Waals surface area (Å²) in [6.07, 6.45) is 5.07. The van der Waals surface area contributed by atoms with Gasteiger partial charge in [0.15, 0.2) is 5.78 Å². The topological polar surface area (TPSA) is 29.1 Å². The number of hydrogen-bond acceptors (Lipinski definition) is 3. The van der Waals surface area contributed by atoms with Crippen molar-refractivity contribution >= 4 is 17.5 Å². The summed E-state index contributed by atoms with van der Waals surface area (Å²) in [6, 6.07) is 10.5. The highest BCUT2D eigenvalue weighted by Gasteiger charge is 2.37. The number of benzene rings is 1. The van der Waals surface area contributed by atoms with Gasteiger partial charge < -0.3 is 5.32 Å². The van der Waals surface area contributed by atoms with Crippen molar-refractivity contribution in [2.45, 2.75) is 38.0 Å². The van der Waals surface area contributed by atoms with Crippen molar-refractivity contribution in [3.8, 4) is 0 Å². The minimum atomic E-state index is 0.176. The van der Waals surface area contributed by atoms with Crippen LogP contribution in [0.25, 0.3) is 0 Å². The number of carbonyl (C=O) groups excluding carboxylic acids is 1. The summed E-state index contributed by atoms with van der Waals surface area (Å²) in [7, 11) is 0.